The van der Waals surface area contributed by atoms with Crippen LogP contribution >= 0.6 is 0 Å². The zero-order valence-electron chi connectivity index (χ0n) is 7.56. The van der Waals surface area contributed by atoms with Crippen molar-refractivity contribution in [1.29, 1.82) is 0 Å². The lowest BCUT2D eigenvalue weighted by molar-refractivity contribution is 0.101. The normalized spacial score (nSPS) is 10.1. The molecule has 2 aromatic rings. The van der Waals surface area contributed by atoms with Gasteiger partial charge in [-0.15, -0.1) is 0 Å². The van der Waals surface area contributed by atoms with Crippen LogP contribution in [0.25, 0.3) is 0 Å². The summed E-state index contributed by atoms with van der Waals surface area (Å²) in [5, 5.41) is 8.74. The van der Waals surface area contributed by atoms with Crippen LogP contribution in [0.5, 0.6) is 0 Å². The molecule has 0 unspecified atom stereocenters. The van der Waals surface area contributed by atoms with Gasteiger partial charge < -0.3 is 4.57 Å². The van der Waals surface area contributed by atoms with E-state index in [9.17, 15) is 4.79 Å². The van der Waals surface area contributed by atoms with Gasteiger partial charge in [-0.25, -0.2) is 5.10 Å². The first-order valence-electron chi connectivity index (χ1n) is 4.05. The smallest absolute Gasteiger partial charge is 0.274 e. The van der Waals surface area contributed by atoms with E-state index in [0.29, 0.717) is 11.6 Å². The minimum Gasteiger partial charge on any atom is -0.347 e. The quantitative estimate of drug-likeness (QED) is 0.721. The van der Waals surface area contributed by atoms with E-state index in [-0.39, 0.29) is 5.91 Å². The number of H-pyrrole nitrogens is 1. The molecule has 6 heteroatoms. The first kappa shape index (κ1) is 8.49. The summed E-state index contributed by atoms with van der Waals surface area (Å²) in [6.45, 7) is 0. The van der Waals surface area contributed by atoms with E-state index in [2.05, 4.69) is 20.5 Å². The molecule has 2 aromatic heterocycles. The highest BCUT2D eigenvalue weighted by atomic mass is 16.2. The van der Waals surface area contributed by atoms with Gasteiger partial charge in [-0.2, -0.15) is 10.1 Å². The van der Waals surface area contributed by atoms with Gasteiger partial charge in [-0.05, 0) is 12.1 Å². The van der Waals surface area contributed by atoms with E-state index in [1.54, 1.807) is 29.9 Å². The molecular formula is C8H9N5O. The number of rotatable bonds is 2. The Kier molecular flexibility index (Phi) is 2.02. The number of nitrogens with one attached hydrogen (secondary N) is 2. The summed E-state index contributed by atoms with van der Waals surface area (Å²) in [6, 6.07) is 3.53. The molecule has 0 fully saturated rings. The molecule has 2 rings (SSSR count). The number of aromatic nitrogens is 4. The molecule has 0 atom stereocenters. The second-order valence-electron chi connectivity index (χ2n) is 2.79. The fraction of sp³-hybridized carbons (Fsp3) is 0.125. The van der Waals surface area contributed by atoms with E-state index >= 15 is 0 Å². The fourth-order valence-corrected chi connectivity index (χ4v) is 1.13. The van der Waals surface area contributed by atoms with Crippen LogP contribution in [0.2, 0.25) is 0 Å². The van der Waals surface area contributed by atoms with Crippen LogP contribution in [-0.2, 0) is 7.05 Å². The monoisotopic (exact) mass is 191 g/mol. The fourth-order valence-electron chi connectivity index (χ4n) is 1.13. The Morgan fingerprint density at radius 1 is 1.64 bits per heavy atom. The molecular weight excluding hydrogens is 182 g/mol. The first-order chi connectivity index (χ1) is 6.77. The topological polar surface area (TPSA) is 75.6 Å². The molecule has 2 heterocycles. The van der Waals surface area contributed by atoms with Crippen molar-refractivity contribution in [2.75, 3.05) is 5.32 Å². The zero-order valence-corrected chi connectivity index (χ0v) is 7.56. The van der Waals surface area contributed by atoms with Crippen LogP contribution in [0.1, 0.15) is 10.5 Å². The van der Waals surface area contributed by atoms with Crippen LogP contribution in [0.3, 0.4) is 0 Å². The lowest BCUT2D eigenvalue weighted by atomic mass is 10.4. The number of anilines is 1. The Morgan fingerprint density at radius 2 is 2.50 bits per heavy atom. The summed E-state index contributed by atoms with van der Waals surface area (Å²) in [5.74, 6) is 0.130. The molecule has 2 N–H and O–H groups in total. The third-order valence-corrected chi connectivity index (χ3v) is 1.82. The van der Waals surface area contributed by atoms with Gasteiger partial charge in [0.15, 0.2) is 0 Å². The summed E-state index contributed by atoms with van der Waals surface area (Å²) in [7, 11) is 1.80. The minimum atomic E-state index is -0.214. The zero-order chi connectivity index (χ0) is 9.97. The van der Waals surface area contributed by atoms with Crippen molar-refractivity contribution < 1.29 is 4.79 Å². The highest BCUT2D eigenvalue weighted by Crippen LogP contribution is 2.02. The van der Waals surface area contributed by atoms with Crippen LogP contribution < -0.4 is 5.32 Å². The SMILES string of the molecule is Cn1cccc1C(=O)Nc1ncn[nH]1. The Labute approximate surface area is 80.0 Å². The number of carbonyl (C=O) groups is 1. The molecule has 0 bridgehead atoms. The van der Waals surface area contributed by atoms with E-state index < -0.39 is 0 Å². The Morgan fingerprint density at radius 3 is 3.07 bits per heavy atom. The summed E-state index contributed by atoms with van der Waals surface area (Å²) >= 11 is 0. The Hall–Kier alpha value is -2.11. The molecule has 72 valence electrons. The average Bonchev–Trinajstić information content (AvgIpc) is 2.75. The van der Waals surface area contributed by atoms with Gasteiger partial charge in [0, 0.05) is 13.2 Å². The van der Waals surface area contributed by atoms with Gasteiger partial charge in [-0.1, -0.05) is 0 Å². The van der Waals surface area contributed by atoms with E-state index in [4.69, 9.17) is 0 Å². The molecule has 6 nitrogen and oxygen atoms in total. The van der Waals surface area contributed by atoms with Gasteiger partial charge in [0.25, 0.3) is 5.91 Å². The lowest BCUT2D eigenvalue weighted by Gasteiger charge is -2.01. The number of amides is 1. The number of hydrogen-bond acceptors (Lipinski definition) is 3. The summed E-state index contributed by atoms with van der Waals surface area (Å²) in [4.78, 5) is 15.4. The summed E-state index contributed by atoms with van der Waals surface area (Å²) < 4.78 is 1.73. The predicted molar refractivity (Wildman–Crippen MR) is 49.7 cm³/mol. The standard InChI is InChI=1S/C8H9N5O/c1-13-4-2-3-6(13)7(14)11-8-9-5-10-12-8/h2-5H,1H3,(H2,9,10,11,12,14). The van der Waals surface area contributed by atoms with E-state index in [1.165, 1.54) is 6.33 Å². The van der Waals surface area contributed by atoms with E-state index in [0.717, 1.165) is 0 Å². The van der Waals surface area contributed by atoms with Crippen LogP contribution in [-0.4, -0.2) is 25.7 Å². The third kappa shape index (κ3) is 1.49. The van der Waals surface area contributed by atoms with Crippen molar-refractivity contribution >= 4 is 11.9 Å². The van der Waals surface area contributed by atoms with Crippen molar-refractivity contribution in [3.8, 4) is 0 Å². The van der Waals surface area contributed by atoms with Gasteiger partial charge in [0.1, 0.15) is 12.0 Å². The van der Waals surface area contributed by atoms with Gasteiger partial charge in [-0.3, -0.25) is 10.1 Å². The van der Waals surface area contributed by atoms with Crippen molar-refractivity contribution in [2.45, 2.75) is 0 Å². The minimum absolute atomic E-state index is 0.214. The lowest BCUT2D eigenvalue weighted by Crippen LogP contribution is -2.16. The molecule has 0 aliphatic heterocycles. The van der Waals surface area contributed by atoms with Crippen molar-refractivity contribution in [3.63, 3.8) is 0 Å². The van der Waals surface area contributed by atoms with Crippen molar-refractivity contribution in [1.82, 2.24) is 19.7 Å². The Balaban J connectivity index is 2.14. The molecule has 0 radical (unpaired) electrons. The molecule has 0 aliphatic rings. The maximum Gasteiger partial charge on any atom is 0.274 e. The molecule has 0 spiro atoms. The molecule has 0 saturated carbocycles. The second-order valence-corrected chi connectivity index (χ2v) is 2.79. The van der Waals surface area contributed by atoms with Gasteiger partial charge in [0.2, 0.25) is 5.95 Å². The Bertz CT molecular complexity index is 430. The first-order valence-corrected chi connectivity index (χ1v) is 4.05. The number of nitrogens with zero attached hydrogens (tertiary/aromatic N) is 3. The molecule has 1 amide bonds. The van der Waals surface area contributed by atoms with Crippen LogP contribution in [0.4, 0.5) is 5.95 Å². The highest BCUT2D eigenvalue weighted by molar-refractivity contribution is 6.02. The average molecular weight is 191 g/mol. The van der Waals surface area contributed by atoms with Crippen LogP contribution in [0.15, 0.2) is 24.7 Å². The maximum absolute atomic E-state index is 11.6. The third-order valence-electron chi connectivity index (χ3n) is 1.82. The summed E-state index contributed by atoms with van der Waals surface area (Å²) in [6.07, 6.45) is 3.13. The number of aromatic amines is 1. The second kappa shape index (κ2) is 3.33. The predicted octanol–water partition coefficient (Wildman–Crippen LogP) is 0.395. The summed E-state index contributed by atoms with van der Waals surface area (Å²) in [5.41, 5.74) is 0.571. The van der Waals surface area contributed by atoms with Crippen molar-refractivity contribution in [2.24, 2.45) is 7.05 Å². The number of aryl methyl sites for hydroxylation is 1. The van der Waals surface area contributed by atoms with Gasteiger partial charge in [0.05, 0.1) is 0 Å². The number of carbonyl (C=O) groups excluding carboxylic acids is 1. The largest absolute Gasteiger partial charge is 0.347 e. The molecule has 0 aliphatic carbocycles. The highest BCUT2D eigenvalue weighted by Gasteiger charge is 2.09. The van der Waals surface area contributed by atoms with Gasteiger partial charge >= 0.3 is 0 Å². The molecule has 0 saturated heterocycles. The number of hydrogen-bond donors (Lipinski definition) is 2. The molecule has 14 heavy (non-hydrogen) atoms. The maximum atomic E-state index is 11.6. The van der Waals surface area contributed by atoms with E-state index in [1.807, 2.05) is 0 Å². The molecule has 0 aromatic carbocycles. The van der Waals surface area contributed by atoms with Crippen LogP contribution in [0, 0.1) is 0 Å². The van der Waals surface area contributed by atoms with Crippen molar-refractivity contribution in [3.05, 3.63) is 30.4 Å².